The first-order valence-corrected chi connectivity index (χ1v) is 7.82. The highest BCUT2D eigenvalue weighted by molar-refractivity contribution is 7.91. The second-order valence-electron chi connectivity index (χ2n) is 4.79. The van der Waals surface area contributed by atoms with Gasteiger partial charge in [-0.1, -0.05) is 0 Å². The summed E-state index contributed by atoms with van der Waals surface area (Å²) >= 11 is 0. The molecule has 1 aliphatic heterocycles. The number of aryl methyl sites for hydroxylation is 1. The number of carboxylic acid groups (broad SMARTS) is 1. The van der Waals surface area contributed by atoms with Crippen molar-refractivity contribution < 1.29 is 23.1 Å². The lowest BCUT2D eigenvalue weighted by Gasteiger charge is -2.25. The van der Waals surface area contributed by atoms with Crippen LogP contribution in [0.4, 0.5) is 0 Å². The highest BCUT2D eigenvalue weighted by Gasteiger charge is 2.36. The van der Waals surface area contributed by atoms with Gasteiger partial charge in [-0.05, 0) is 6.42 Å². The number of nitrogens with zero attached hydrogens (tertiary/aromatic N) is 3. The third-order valence-electron chi connectivity index (χ3n) is 3.17. The summed E-state index contributed by atoms with van der Waals surface area (Å²) in [4.78, 5) is 24.3. The Balaban J connectivity index is 2.24. The van der Waals surface area contributed by atoms with Gasteiger partial charge in [0.15, 0.2) is 9.84 Å². The largest absolute Gasteiger partial charge is 0.480 e. The maximum atomic E-state index is 12.3. The van der Waals surface area contributed by atoms with Crippen LogP contribution in [0.1, 0.15) is 16.8 Å². The smallest absolute Gasteiger partial charge is 0.323 e. The molecule has 0 spiro atoms. The molecule has 1 atom stereocenters. The average Bonchev–Trinajstić information content (AvgIpc) is 2.91. The highest BCUT2D eigenvalue weighted by Crippen LogP contribution is 2.19. The molecule has 1 amide bonds. The topological polar surface area (TPSA) is 110 Å². The van der Waals surface area contributed by atoms with Gasteiger partial charge in [0.05, 0.1) is 23.3 Å². The monoisotopic (exact) mass is 301 g/mol. The fourth-order valence-electron chi connectivity index (χ4n) is 2.23. The third-order valence-corrected chi connectivity index (χ3v) is 4.92. The lowest BCUT2D eigenvalue weighted by Crippen LogP contribution is -2.44. The van der Waals surface area contributed by atoms with Crippen LogP contribution in [0.25, 0.3) is 0 Å². The molecular formula is C11H15N3O5S. The molecule has 0 aromatic carbocycles. The summed E-state index contributed by atoms with van der Waals surface area (Å²) in [5, 5.41) is 12.8. The van der Waals surface area contributed by atoms with Gasteiger partial charge in [0, 0.05) is 19.3 Å². The fourth-order valence-corrected chi connectivity index (χ4v) is 3.96. The van der Waals surface area contributed by atoms with E-state index >= 15 is 0 Å². The number of aromatic nitrogens is 2. The van der Waals surface area contributed by atoms with Gasteiger partial charge < -0.3 is 10.0 Å². The molecule has 0 aliphatic carbocycles. The Hall–Kier alpha value is -1.90. The van der Waals surface area contributed by atoms with Crippen molar-refractivity contribution in [2.75, 3.05) is 18.1 Å². The summed E-state index contributed by atoms with van der Waals surface area (Å²) in [5.41, 5.74) is 0.248. The predicted octanol–water partition coefficient (Wildman–Crippen LogP) is -0.866. The predicted molar refractivity (Wildman–Crippen MR) is 68.9 cm³/mol. The van der Waals surface area contributed by atoms with Gasteiger partial charge in [0.1, 0.15) is 6.54 Å². The van der Waals surface area contributed by atoms with E-state index in [1.165, 1.54) is 17.1 Å². The van der Waals surface area contributed by atoms with Crippen LogP contribution in [-0.4, -0.2) is 64.2 Å². The van der Waals surface area contributed by atoms with Crippen molar-refractivity contribution >= 4 is 21.7 Å². The van der Waals surface area contributed by atoms with Crippen LogP contribution in [0.2, 0.25) is 0 Å². The number of amides is 1. The molecule has 20 heavy (non-hydrogen) atoms. The van der Waals surface area contributed by atoms with E-state index in [4.69, 9.17) is 5.11 Å². The summed E-state index contributed by atoms with van der Waals surface area (Å²) in [6.07, 6.45) is 3.07. The molecule has 1 aromatic heterocycles. The first-order chi connectivity index (χ1) is 9.28. The quantitative estimate of drug-likeness (QED) is 0.774. The van der Waals surface area contributed by atoms with Crippen LogP contribution in [0.3, 0.4) is 0 Å². The molecule has 1 aliphatic rings. The molecule has 0 bridgehead atoms. The molecule has 0 saturated carbocycles. The summed E-state index contributed by atoms with van der Waals surface area (Å²) in [5.74, 6) is -1.89. The zero-order valence-corrected chi connectivity index (χ0v) is 11.7. The molecule has 1 N–H and O–H groups in total. The van der Waals surface area contributed by atoms with E-state index in [1.807, 2.05) is 0 Å². The number of aliphatic carboxylic acids is 1. The average molecular weight is 301 g/mol. The number of carbonyl (C=O) groups is 2. The van der Waals surface area contributed by atoms with Gasteiger partial charge in [-0.3, -0.25) is 14.3 Å². The van der Waals surface area contributed by atoms with Crippen LogP contribution >= 0.6 is 0 Å². The van der Waals surface area contributed by atoms with Crippen molar-refractivity contribution in [1.82, 2.24) is 14.7 Å². The van der Waals surface area contributed by atoms with E-state index < -0.39 is 34.3 Å². The van der Waals surface area contributed by atoms with E-state index in [0.717, 1.165) is 4.90 Å². The van der Waals surface area contributed by atoms with Crippen molar-refractivity contribution in [2.24, 2.45) is 7.05 Å². The molecule has 2 rings (SSSR count). The Labute approximate surface area is 115 Å². The molecule has 2 heterocycles. The number of hydrogen-bond acceptors (Lipinski definition) is 5. The van der Waals surface area contributed by atoms with Crippen molar-refractivity contribution in [3.8, 4) is 0 Å². The second kappa shape index (κ2) is 5.23. The lowest BCUT2D eigenvalue weighted by molar-refractivity contribution is -0.138. The van der Waals surface area contributed by atoms with E-state index in [0.29, 0.717) is 0 Å². The zero-order valence-electron chi connectivity index (χ0n) is 10.9. The normalized spacial score (nSPS) is 20.8. The Bertz CT molecular complexity index is 636. The van der Waals surface area contributed by atoms with Gasteiger partial charge in [-0.15, -0.1) is 0 Å². The molecule has 110 valence electrons. The van der Waals surface area contributed by atoms with Crippen LogP contribution in [0, 0.1) is 0 Å². The summed E-state index contributed by atoms with van der Waals surface area (Å²) in [6, 6.07) is -0.594. The first-order valence-electron chi connectivity index (χ1n) is 6.00. The minimum atomic E-state index is -3.19. The Morgan fingerprint density at radius 3 is 2.70 bits per heavy atom. The van der Waals surface area contributed by atoms with E-state index in [-0.39, 0.29) is 23.5 Å². The van der Waals surface area contributed by atoms with Crippen molar-refractivity contribution in [3.05, 3.63) is 18.0 Å². The van der Waals surface area contributed by atoms with Crippen LogP contribution < -0.4 is 0 Å². The van der Waals surface area contributed by atoms with Gasteiger partial charge in [-0.25, -0.2) is 8.42 Å². The van der Waals surface area contributed by atoms with Gasteiger partial charge >= 0.3 is 5.97 Å². The Kier molecular flexibility index (Phi) is 3.80. The number of rotatable bonds is 4. The first kappa shape index (κ1) is 14.5. The second-order valence-corrected chi connectivity index (χ2v) is 7.02. The van der Waals surface area contributed by atoms with E-state index in [9.17, 15) is 18.0 Å². The molecule has 9 heteroatoms. The zero-order chi connectivity index (χ0) is 14.9. The lowest BCUT2D eigenvalue weighted by atomic mass is 10.2. The van der Waals surface area contributed by atoms with Crippen molar-refractivity contribution in [2.45, 2.75) is 12.5 Å². The fraction of sp³-hybridized carbons (Fsp3) is 0.545. The molecule has 1 unspecified atom stereocenters. The molecule has 1 aromatic rings. The number of carbonyl (C=O) groups excluding carboxylic acids is 1. The van der Waals surface area contributed by atoms with Gasteiger partial charge in [-0.2, -0.15) is 5.10 Å². The highest BCUT2D eigenvalue weighted by atomic mass is 32.2. The van der Waals surface area contributed by atoms with Crippen molar-refractivity contribution in [1.29, 1.82) is 0 Å². The summed E-state index contributed by atoms with van der Waals surface area (Å²) in [7, 11) is -1.56. The minimum Gasteiger partial charge on any atom is -0.480 e. The minimum absolute atomic E-state index is 0.0197. The van der Waals surface area contributed by atoms with Crippen LogP contribution in [-0.2, 0) is 21.7 Å². The van der Waals surface area contributed by atoms with Crippen molar-refractivity contribution in [3.63, 3.8) is 0 Å². The molecule has 1 saturated heterocycles. The Morgan fingerprint density at radius 1 is 1.55 bits per heavy atom. The maximum absolute atomic E-state index is 12.3. The number of hydrogen-bond donors (Lipinski definition) is 1. The maximum Gasteiger partial charge on any atom is 0.323 e. The number of sulfone groups is 1. The molecule has 8 nitrogen and oxygen atoms in total. The molecule has 1 fully saturated rings. The summed E-state index contributed by atoms with van der Waals surface area (Å²) in [6.45, 7) is -0.520. The van der Waals surface area contributed by atoms with Crippen LogP contribution in [0.15, 0.2) is 12.4 Å². The standard InChI is InChI=1S/C11H15N3O5S/c1-13-5-8(4-12-13)11(17)14(6-10(15)16)9-2-3-20(18,19)7-9/h4-5,9H,2-3,6-7H2,1H3,(H,15,16). The van der Waals surface area contributed by atoms with Crippen LogP contribution in [0.5, 0.6) is 0 Å². The van der Waals surface area contributed by atoms with E-state index in [1.54, 1.807) is 7.05 Å². The summed E-state index contributed by atoms with van der Waals surface area (Å²) < 4.78 is 24.4. The Morgan fingerprint density at radius 2 is 2.25 bits per heavy atom. The van der Waals surface area contributed by atoms with Gasteiger partial charge in [0.2, 0.25) is 0 Å². The SMILES string of the molecule is Cn1cc(C(=O)N(CC(=O)O)C2CCS(=O)(=O)C2)cn1. The van der Waals surface area contributed by atoms with Gasteiger partial charge in [0.25, 0.3) is 5.91 Å². The number of carboxylic acids is 1. The molecule has 0 radical (unpaired) electrons. The third kappa shape index (κ3) is 3.16. The van der Waals surface area contributed by atoms with E-state index in [2.05, 4.69) is 5.10 Å². The molecular weight excluding hydrogens is 286 g/mol.